The van der Waals surface area contributed by atoms with Gasteiger partial charge < -0.3 is 4.74 Å². The van der Waals surface area contributed by atoms with Gasteiger partial charge in [-0.3, -0.25) is 0 Å². The van der Waals surface area contributed by atoms with Crippen LogP contribution in [0.4, 0.5) is 0 Å². The number of unbranched alkanes of at least 4 members (excludes halogenated alkanes) is 1. The highest BCUT2D eigenvalue weighted by Gasteiger charge is 1.99. The molecule has 1 heteroatoms. The van der Waals surface area contributed by atoms with Crippen LogP contribution < -0.4 is 4.74 Å². The van der Waals surface area contributed by atoms with Crippen LogP contribution in [0.3, 0.4) is 0 Å². The lowest BCUT2D eigenvalue weighted by molar-refractivity contribution is 0.306. The number of aryl methyl sites for hydroxylation is 1. The van der Waals surface area contributed by atoms with Gasteiger partial charge in [0, 0.05) is 0 Å². The van der Waals surface area contributed by atoms with E-state index in [1.54, 1.807) is 0 Å². The Hall–Kier alpha value is -1.76. The molecule has 0 unspecified atom stereocenters. The number of ether oxygens (including phenoxy) is 1. The van der Waals surface area contributed by atoms with Gasteiger partial charge in [0.1, 0.15) is 12.4 Å². The van der Waals surface area contributed by atoms with Crippen molar-refractivity contribution < 1.29 is 4.74 Å². The minimum atomic E-state index is 0.634. The third-order valence-corrected chi connectivity index (χ3v) is 3.67. The topological polar surface area (TPSA) is 9.23 Å². The van der Waals surface area contributed by atoms with Crippen molar-refractivity contribution in [3.05, 3.63) is 65.7 Å². The molecular formula is C20H26O. The smallest absolute Gasteiger partial charge is 0.119 e. The van der Waals surface area contributed by atoms with Gasteiger partial charge in [-0.05, 0) is 42.0 Å². The third kappa shape index (κ3) is 6.03. The van der Waals surface area contributed by atoms with Crippen LogP contribution in [-0.2, 0) is 13.0 Å². The average Bonchev–Trinajstić information content (AvgIpc) is 2.51. The Morgan fingerprint density at radius 1 is 0.810 bits per heavy atom. The maximum absolute atomic E-state index is 5.80. The van der Waals surface area contributed by atoms with E-state index in [2.05, 4.69) is 50.2 Å². The molecule has 0 N–H and O–H groups in total. The lowest BCUT2D eigenvalue weighted by atomic mass is 10.0. The Bertz CT molecular complexity index is 499. The van der Waals surface area contributed by atoms with Crippen molar-refractivity contribution in [3.63, 3.8) is 0 Å². The van der Waals surface area contributed by atoms with Crippen LogP contribution in [0.2, 0.25) is 0 Å². The molecule has 0 saturated heterocycles. The van der Waals surface area contributed by atoms with Gasteiger partial charge in [0.05, 0.1) is 0 Å². The minimum Gasteiger partial charge on any atom is -0.489 e. The number of hydrogen-bond donors (Lipinski definition) is 0. The van der Waals surface area contributed by atoms with Gasteiger partial charge in [-0.1, -0.05) is 69.2 Å². The molecule has 0 aliphatic carbocycles. The molecule has 112 valence electrons. The second-order valence-corrected chi connectivity index (χ2v) is 6.06. The van der Waals surface area contributed by atoms with Crippen LogP contribution in [0.5, 0.6) is 5.75 Å². The highest BCUT2D eigenvalue weighted by Crippen LogP contribution is 2.16. The van der Waals surface area contributed by atoms with Gasteiger partial charge in [0.2, 0.25) is 0 Å². The first kappa shape index (κ1) is 15.6. The zero-order valence-electron chi connectivity index (χ0n) is 13.2. The molecule has 21 heavy (non-hydrogen) atoms. The Morgan fingerprint density at radius 3 is 2.19 bits per heavy atom. The third-order valence-electron chi connectivity index (χ3n) is 3.67. The van der Waals surface area contributed by atoms with Crippen LogP contribution >= 0.6 is 0 Å². The van der Waals surface area contributed by atoms with Crippen LogP contribution in [0.1, 0.15) is 44.2 Å². The van der Waals surface area contributed by atoms with E-state index in [0.29, 0.717) is 6.61 Å². The first-order valence-electron chi connectivity index (χ1n) is 7.99. The molecule has 0 radical (unpaired) electrons. The Morgan fingerprint density at radius 2 is 1.52 bits per heavy atom. The summed E-state index contributed by atoms with van der Waals surface area (Å²) < 4.78 is 5.80. The molecule has 0 fully saturated rings. The molecule has 0 aliphatic heterocycles. The van der Waals surface area contributed by atoms with Gasteiger partial charge in [-0.25, -0.2) is 0 Å². The molecule has 2 aromatic rings. The quantitative estimate of drug-likeness (QED) is 0.570. The molecule has 2 aromatic carbocycles. The summed E-state index contributed by atoms with van der Waals surface area (Å²) in [4.78, 5) is 0. The predicted octanol–water partition coefficient (Wildman–Crippen LogP) is 5.63. The maximum atomic E-state index is 5.80. The summed E-state index contributed by atoms with van der Waals surface area (Å²) in [6.45, 7) is 5.21. The molecule has 0 saturated carbocycles. The van der Waals surface area contributed by atoms with Gasteiger partial charge in [-0.15, -0.1) is 0 Å². The molecule has 0 bridgehead atoms. The maximum Gasteiger partial charge on any atom is 0.119 e. The normalized spacial score (nSPS) is 10.8. The summed E-state index contributed by atoms with van der Waals surface area (Å²) in [5.41, 5.74) is 2.61. The molecule has 0 aromatic heterocycles. The summed E-state index contributed by atoms with van der Waals surface area (Å²) in [7, 11) is 0. The predicted molar refractivity (Wildman–Crippen MR) is 89.6 cm³/mol. The van der Waals surface area contributed by atoms with E-state index >= 15 is 0 Å². The van der Waals surface area contributed by atoms with Gasteiger partial charge in [0.15, 0.2) is 0 Å². The fourth-order valence-corrected chi connectivity index (χ4v) is 2.37. The fraction of sp³-hybridized carbons (Fsp3) is 0.400. The van der Waals surface area contributed by atoms with Crippen molar-refractivity contribution in [2.24, 2.45) is 5.92 Å². The lowest BCUT2D eigenvalue weighted by Crippen LogP contribution is -1.95. The molecule has 1 nitrogen and oxygen atoms in total. The molecule has 0 heterocycles. The van der Waals surface area contributed by atoms with Crippen LogP contribution in [0, 0.1) is 5.92 Å². The highest BCUT2D eigenvalue weighted by atomic mass is 16.5. The van der Waals surface area contributed by atoms with Gasteiger partial charge in [0.25, 0.3) is 0 Å². The van der Waals surface area contributed by atoms with Crippen molar-refractivity contribution in [2.45, 2.75) is 46.1 Å². The Kier molecular flexibility index (Phi) is 6.33. The van der Waals surface area contributed by atoms with E-state index in [4.69, 9.17) is 4.74 Å². The zero-order chi connectivity index (χ0) is 14.9. The fourth-order valence-electron chi connectivity index (χ4n) is 2.37. The molecule has 0 spiro atoms. The Labute approximate surface area is 129 Å². The Balaban J connectivity index is 1.74. The zero-order valence-corrected chi connectivity index (χ0v) is 13.2. The molecule has 0 atom stereocenters. The lowest BCUT2D eigenvalue weighted by Gasteiger charge is -2.08. The number of rotatable bonds is 8. The van der Waals surface area contributed by atoms with Gasteiger partial charge in [-0.2, -0.15) is 0 Å². The summed E-state index contributed by atoms with van der Waals surface area (Å²) >= 11 is 0. The van der Waals surface area contributed by atoms with Crippen LogP contribution in [-0.4, -0.2) is 0 Å². The standard InChI is InChI=1S/C20H26O/c1-17(2)8-6-7-9-18-12-14-20(15-13-18)21-16-19-10-4-3-5-11-19/h3-5,10-15,17H,6-9,16H2,1-2H3. The average molecular weight is 282 g/mol. The molecular weight excluding hydrogens is 256 g/mol. The van der Waals surface area contributed by atoms with E-state index in [1.165, 1.54) is 36.8 Å². The van der Waals surface area contributed by atoms with E-state index in [-0.39, 0.29) is 0 Å². The highest BCUT2D eigenvalue weighted by molar-refractivity contribution is 5.27. The van der Waals surface area contributed by atoms with Crippen molar-refractivity contribution in [1.82, 2.24) is 0 Å². The summed E-state index contributed by atoms with van der Waals surface area (Å²) in [5, 5.41) is 0. The van der Waals surface area contributed by atoms with Crippen molar-refractivity contribution in [1.29, 1.82) is 0 Å². The SMILES string of the molecule is CC(C)CCCCc1ccc(OCc2ccccc2)cc1. The summed E-state index contributed by atoms with van der Waals surface area (Å²) in [6, 6.07) is 18.8. The minimum absolute atomic E-state index is 0.634. The van der Waals surface area contributed by atoms with E-state index in [1.807, 2.05) is 18.2 Å². The second-order valence-electron chi connectivity index (χ2n) is 6.06. The van der Waals surface area contributed by atoms with Crippen LogP contribution in [0.15, 0.2) is 54.6 Å². The van der Waals surface area contributed by atoms with Crippen LogP contribution in [0.25, 0.3) is 0 Å². The first-order valence-corrected chi connectivity index (χ1v) is 7.99. The molecule has 0 amide bonds. The monoisotopic (exact) mass is 282 g/mol. The summed E-state index contributed by atoms with van der Waals surface area (Å²) in [6.07, 6.45) is 5.11. The summed E-state index contributed by atoms with van der Waals surface area (Å²) in [5.74, 6) is 1.77. The number of hydrogen-bond acceptors (Lipinski definition) is 1. The first-order chi connectivity index (χ1) is 10.2. The van der Waals surface area contributed by atoms with E-state index < -0.39 is 0 Å². The van der Waals surface area contributed by atoms with Crippen molar-refractivity contribution >= 4 is 0 Å². The van der Waals surface area contributed by atoms with E-state index in [9.17, 15) is 0 Å². The van der Waals surface area contributed by atoms with E-state index in [0.717, 1.165) is 11.7 Å². The second kappa shape index (κ2) is 8.51. The largest absolute Gasteiger partial charge is 0.489 e. The van der Waals surface area contributed by atoms with Crippen molar-refractivity contribution in [3.8, 4) is 5.75 Å². The number of benzene rings is 2. The van der Waals surface area contributed by atoms with Gasteiger partial charge >= 0.3 is 0 Å². The van der Waals surface area contributed by atoms with Crippen molar-refractivity contribution in [2.75, 3.05) is 0 Å². The molecule has 2 rings (SSSR count). The molecule has 0 aliphatic rings.